The van der Waals surface area contributed by atoms with Gasteiger partial charge in [-0.3, -0.25) is 0 Å². The Kier molecular flexibility index (Phi) is 5.07. The molecule has 4 nitrogen and oxygen atoms in total. The van der Waals surface area contributed by atoms with Crippen molar-refractivity contribution < 1.29 is 8.42 Å². The molecule has 21 heavy (non-hydrogen) atoms. The standard InChI is InChI=1S/C16H26N2O2S/c1-5-17-11-15-10-16(9-6-12(15)2)21(19,20)18(4)13(3)14-7-8-14/h6,9-10,13-14,17H,5,7-8,11H2,1-4H3. The largest absolute Gasteiger partial charge is 0.313 e. The molecular formula is C16H26N2O2S. The van der Waals surface area contributed by atoms with E-state index in [1.807, 2.05) is 32.9 Å². The number of benzene rings is 1. The van der Waals surface area contributed by atoms with Crippen molar-refractivity contribution in [2.45, 2.75) is 51.1 Å². The summed E-state index contributed by atoms with van der Waals surface area (Å²) in [6.07, 6.45) is 2.28. The first kappa shape index (κ1) is 16.5. The highest BCUT2D eigenvalue weighted by atomic mass is 32.2. The van der Waals surface area contributed by atoms with Gasteiger partial charge in [-0.05, 0) is 62.4 Å². The van der Waals surface area contributed by atoms with Gasteiger partial charge >= 0.3 is 0 Å². The Morgan fingerprint density at radius 3 is 2.62 bits per heavy atom. The van der Waals surface area contributed by atoms with Crippen molar-refractivity contribution in [2.24, 2.45) is 5.92 Å². The van der Waals surface area contributed by atoms with Crippen molar-refractivity contribution in [1.82, 2.24) is 9.62 Å². The number of hydrogen-bond acceptors (Lipinski definition) is 3. The van der Waals surface area contributed by atoms with Crippen LogP contribution in [0.5, 0.6) is 0 Å². The third-order valence-corrected chi connectivity index (χ3v) is 6.38. The van der Waals surface area contributed by atoms with Crippen LogP contribution in [0.25, 0.3) is 0 Å². The molecule has 0 radical (unpaired) electrons. The molecule has 1 aliphatic rings. The highest BCUT2D eigenvalue weighted by molar-refractivity contribution is 7.89. The zero-order valence-corrected chi connectivity index (χ0v) is 14.2. The summed E-state index contributed by atoms with van der Waals surface area (Å²) < 4.78 is 27.0. The maximum absolute atomic E-state index is 12.7. The van der Waals surface area contributed by atoms with E-state index in [4.69, 9.17) is 0 Å². The molecule has 0 aromatic heterocycles. The van der Waals surface area contributed by atoms with E-state index >= 15 is 0 Å². The Hall–Kier alpha value is -0.910. The van der Waals surface area contributed by atoms with E-state index in [0.717, 1.165) is 30.5 Å². The van der Waals surface area contributed by atoms with E-state index in [0.29, 0.717) is 17.4 Å². The molecule has 0 spiro atoms. The lowest BCUT2D eigenvalue weighted by Gasteiger charge is -2.24. The highest BCUT2D eigenvalue weighted by Gasteiger charge is 2.36. The summed E-state index contributed by atoms with van der Waals surface area (Å²) in [5.74, 6) is 0.524. The van der Waals surface area contributed by atoms with Gasteiger partial charge in [-0.2, -0.15) is 4.31 Å². The second kappa shape index (κ2) is 6.46. The van der Waals surface area contributed by atoms with Gasteiger partial charge in [0, 0.05) is 19.6 Å². The first-order chi connectivity index (χ1) is 9.87. The number of sulfonamides is 1. The van der Waals surface area contributed by atoms with Gasteiger partial charge in [0.25, 0.3) is 0 Å². The van der Waals surface area contributed by atoms with E-state index in [-0.39, 0.29) is 6.04 Å². The Morgan fingerprint density at radius 1 is 1.38 bits per heavy atom. The summed E-state index contributed by atoms with van der Waals surface area (Å²) >= 11 is 0. The van der Waals surface area contributed by atoms with Crippen molar-refractivity contribution >= 4 is 10.0 Å². The van der Waals surface area contributed by atoms with E-state index in [2.05, 4.69) is 5.32 Å². The van der Waals surface area contributed by atoms with Gasteiger partial charge in [0.15, 0.2) is 0 Å². The molecule has 1 aliphatic carbocycles. The lowest BCUT2D eigenvalue weighted by atomic mass is 10.1. The molecule has 1 saturated carbocycles. The maximum Gasteiger partial charge on any atom is 0.243 e. The van der Waals surface area contributed by atoms with Gasteiger partial charge in [-0.1, -0.05) is 13.0 Å². The van der Waals surface area contributed by atoms with Crippen LogP contribution in [-0.2, 0) is 16.6 Å². The minimum absolute atomic E-state index is 0.0773. The Labute approximate surface area is 128 Å². The van der Waals surface area contributed by atoms with Crippen LogP contribution in [0.2, 0.25) is 0 Å². The summed E-state index contributed by atoms with van der Waals surface area (Å²) in [5.41, 5.74) is 2.16. The van der Waals surface area contributed by atoms with Gasteiger partial charge in [-0.25, -0.2) is 8.42 Å². The summed E-state index contributed by atoms with van der Waals surface area (Å²) in [7, 11) is -1.71. The van der Waals surface area contributed by atoms with Crippen molar-refractivity contribution in [3.8, 4) is 0 Å². The van der Waals surface area contributed by atoms with E-state index in [9.17, 15) is 8.42 Å². The summed E-state index contributed by atoms with van der Waals surface area (Å²) in [6.45, 7) is 7.63. The number of rotatable bonds is 7. The summed E-state index contributed by atoms with van der Waals surface area (Å²) in [6, 6.07) is 5.50. The topological polar surface area (TPSA) is 49.4 Å². The quantitative estimate of drug-likeness (QED) is 0.842. The molecule has 0 amide bonds. The average molecular weight is 310 g/mol. The van der Waals surface area contributed by atoms with Crippen LogP contribution in [-0.4, -0.2) is 32.4 Å². The molecule has 1 fully saturated rings. The van der Waals surface area contributed by atoms with Gasteiger partial charge in [0.05, 0.1) is 4.90 Å². The fourth-order valence-corrected chi connectivity index (χ4v) is 3.99. The first-order valence-electron chi connectivity index (χ1n) is 7.66. The van der Waals surface area contributed by atoms with Crippen LogP contribution >= 0.6 is 0 Å². The SMILES string of the molecule is CCNCc1cc(S(=O)(=O)N(C)C(C)C2CC2)ccc1C. The third kappa shape index (κ3) is 3.65. The molecule has 0 bridgehead atoms. The van der Waals surface area contributed by atoms with Crippen LogP contribution in [0.3, 0.4) is 0 Å². The molecule has 1 N–H and O–H groups in total. The molecule has 5 heteroatoms. The molecular weight excluding hydrogens is 284 g/mol. The molecule has 0 saturated heterocycles. The smallest absolute Gasteiger partial charge is 0.243 e. The van der Waals surface area contributed by atoms with E-state index in [1.165, 1.54) is 4.31 Å². The van der Waals surface area contributed by atoms with Crippen LogP contribution in [0.4, 0.5) is 0 Å². The number of nitrogens with zero attached hydrogens (tertiary/aromatic N) is 1. The lowest BCUT2D eigenvalue weighted by molar-refractivity contribution is 0.357. The maximum atomic E-state index is 12.7. The predicted molar refractivity (Wildman–Crippen MR) is 85.7 cm³/mol. The molecule has 0 aliphatic heterocycles. The molecule has 1 atom stereocenters. The minimum atomic E-state index is -3.40. The Morgan fingerprint density at radius 2 is 2.05 bits per heavy atom. The van der Waals surface area contributed by atoms with Crippen LogP contribution in [0.1, 0.15) is 37.8 Å². The zero-order chi connectivity index (χ0) is 15.6. The van der Waals surface area contributed by atoms with Crippen LogP contribution in [0, 0.1) is 12.8 Å². The van der Waals surface area contributed by atoms with Crippen LogP contribution in [0.15, 0.2) is 23.1 Å². The normalized spacial score (nSPS) is 17.2. The lowest BCUT2D eigenvalue weighted by Crippen LogP contribution is -2.36. The molecule has 1 aromatic rings. The van der Waals surface area contributed by atoms with E-state index in [1.54, 1.807) is 13.1 Å². The van der Waals surface area contributed by atoms with E-state index < -0.39 is 10.0 Å². The first-order valence-corrected chi connectivity index (χ1v) is 9.10. The monoisotopic (exact) mass is 310 g/mol. The minimum Gasteiger partial charge on any atom is -0.313 e. The summed E-state index contributed by atoms with van der Waals surface area (Å²) in [4.78, 5) is 0.399. The molecule has 118 valence electrons. The average Bonchev–Trinajstić information content (AvgIpc) is 3.29. The van der Waals surface area contributed by atoms with Crippen molar-refractivity contribution in [2.75, 3.05) is 13.6 Å². The summed E-state index contributed by atoms with van der Waals surface area (Å²) in [5, 5.41) is 3.26. The Balaban J connectivity index is 2.26. The second-order valence-electron chi connectivity index (χ2n) is 5.97. The van der Waals surface area contributed by atoms with Crippen molar-refractivity contribution in [1.29, 1.82) is 0 Å². The fraction of sp³-hybridized carbons (Fsp3) is 0.625. The second-order valence-corrected chi connectivity index (χ2v) is 7.97. The van der Waals surface area contributed by atoms with Gasteiger partial charge < -0.3 is 5.32 Å². The van der Waals surface area contributed by atoms with Crippen LogP contribution < -0.4 is 5.32 Å². The predicted octanol–water partition coefficient (Wildman–Crippen LogP) is 2.52. The highest BCUT2D eigenvalue weighted by Crippen LogP contribution is 2.36. The van der Waals surface area contributed by atoms with Gasteiger partial charge in [-0.15, -0.1) is 0 Å². The molecule has 1 aromatic carbocycles. The molecule has 2 rings (SSSR count). The zero-order valence-electron chi connectivity index (χ0n) is 13.4. The number of aryl methyl sites for hydroxylation is 1. The van der Waals surface area contributed by atoms with Gasteiger partial charge in [0.1, 0.15) is 0 Å². The molecule has 1 unspecified atom stereocenters. The van der Waals surface area contributed by atoms with Crippen molar-refractivity contribution in [3.05, 3.63) is 29.3 Å². The fourth-order valence-electron chi connectivity index (χ4n) is 2.52. The van der Waals surface area contributed by atoms with Crippen molar-refractivity contribution in [3.63, 3.8) is 0 Å². The number of hydrogen-bond donors (Lipinski definition) is 1. The van der Waals surface area contributed by atoms with Gasteiger partial charge in [0.2, 0.25) is 10.0 Å². The number of nitrogens with one attached hydrogen (secondary N) is 1. The third-order valence-electron chi connectivity index (χ3n) is 4.44. The Bertz CT molecular complexity index is 594. The molecule has 0 heterocycles.